The average Bonchev–Trinajstić information content (AvgIpc) is 2.56. The van der Waals surface area contributed by atoms with Gasteiger partial charge in [0.1, 0.15) is 15.9 Å². The SMILES string of the molecule is COc1ccc(C(N=Nc2ccc(C#N)cc2)=C(Cl)Cl)cc1. The molecule has 0 aliphatic carbocycles. The topological polar surface area (TPSA) is 57.7 Å². The van der Waals surface area contributed by atoms with Crippen LogP contribution in [-0.4, -0.2) is 7.11 Å². The summed E-state index contributed by atoms with van der Waals surface area (Å²) in [6.07, 6.45) is 0. The molecule has 0 aliphatic heterocycles. The molecule has 0 atom stereocenters. The van der Waals surface area contributed by atoms with Crippen LogP contribution in [0, 0.1) is 11.3 Å². The number of nitriles is 1. The van der Waals surface area contributed by atoms with Crippen molar-refractivity contribution in [1.29, 1.82) is 5.26 Å². The van der Waals surface area contributed by atoms with Crippen molar-refractivity contribution >= 4 is 34.6 Å². The van der Waals surface area contributed by atoms with E-state index < -0.39 is 0 Å². The van der Waals surface area contributed by atoms with Crippen LogP contribution in [0.25, 0.3) is 5.70 Å². The van der Waals surface area contributed by atoms with Gasteiger partial charge in [0.15, 0.2) is 0 Å². The molecule has 0 saturated heterocycles. The van der Waals surface area contributed by atoms with E-state index in [0.29, 0.717) is 16.9 Å². The van der Waals surface area contributed by atoms with Crippen molar-refractivity contribution in [3.05, 3.63) is 64.1 Å². The summed E-state index contributed by atoms with van der Waals surface area (Å²) in [6, 6.07) is 15.9. The number of ether oxygens (including phenoxy) is 1. The van der Waals surface area contributed by atoms with Gasteiger partial charge in [0.2, 0.25) is 0 Å². The zero-order valence-corrected chi connectivity index (χ0v) is 13.1. The number of methoxy groups -OCH3 is 1. The monoisotopic (exact) mass is 331 g/mol. The smallest absolute Gasteiger partial charge is 0.134 e. The Hall–Kier alpha value is -2.35. The lowest BCUT2D eigenvalue weighted by molar-refractivity contribution is 0.415. The second-order valence-electron chi connectivity index (χ2n) is 4.20. The first-order valence-electron chi connectivity index (χ1n) is 6.25. The maximum Gasteiger partial charge on any atom is 0.134 e. The van der Waals surface area contributed by atoms with Crippen LogP contribution in [0.2, 0.25) is 0 Å². The second kappa shape index (κ2) is 7.60. The highest BCUT2D eigenvalue weighted by Gasteiger charge is 2.06. The Morgan fingerprint density at radius 3 is 2.18 bits per heavy atom. The van der Waals surface area contributed by atoms with E-state index in [-0.39, 0.29) is 4.49 Å². The summed E-state index contributed by atoms with van der Waals surface area (Å²) in [5.41, 5.74) is 2.23. The third-order valence-corrected chi connectivity index (χ3v) is 3.16. The molecule has 0 aromatic heterocycles. The largest absolute Gasteiger partial charge is 0.497 e. The van der Waals surface area contributed by atoms with Gasteiger partial charge in [-0.15, -0.1) is 5.11 Å². The lowest BCUT2D eigenvalue weighted by Crippen LogP contribution is -1.85. The van der Waals surface area contributed by atoms with E-state index in [1.165, 1.54) is 0 Å². The molecule has 0 radical (unpaired) electrons. The van der Waals surface area contributed by atoms with E-state index in [0.717, 1.165) is 11.3 Å². The minimum absolute atomic E-state index is 0.0163. The fourth-order valence-electron chi connectivity index (χ4n) is 1.66. The number of azo groups is 1. The molecular formula is C16H11Cl2N3O. The van der Waals surface area contributed by atoms with Crippen molar-refractivity contribution in [3.8, 4) is 11.8 Å². The summed E-state index contributed by atoms with van der Waals surface area (Å²) in [5.74, 6) is 0.720. The van der Waals surface area contributed by atoms with Crippen LogP contribution in [0.1, 0.15) is 11.1 Å². The Kier molecular flexibility index (Phi) is 5.54. The van der Waals surface area contributed by atoms with Crippen LogP contribution >= 0.6 is 23.2 Å². The normalized spacial score (nSPS) is 10.3. The molecule has 0 unspecified atom stereocenters. The van der Waals surface area contributed by atoms with E-state index in [2.05, 4.69) is 10.2 Å². The minimum atomic E-state index is 0.0163. The first-order chi connectivity index (χ1) is 10.6. The van der Waals surface area contributed by atoms with Gasteiger partial charge in [-0.25, -0.2) is 0 Å². The zero-order chi connectivity index (χ0) is 15.9. The first-order valence-corrected chi connectivity index (χ1v) is 7.01. The number of nitrogens with zero attached hydrogens (tertiary/aromatic N) is 3. The molecule has 0 saturated carbocycles. The zero-order valence-electron chi connectivity index (χ0n) is 11.6. The molecule has 0 spiro atoms. The van der Waals surface area contributed by atoms with Crippen molar-refractivity contribution in [2.75, 3.05) is 7.11 Å². The van der Waals surface area contributed by atoms with Gasteiger partial charge < -0.3 is 4.74 Å². The Labute approximate surface area is 138 Å². The first kappa shape index (κ1) is 16.0. The molecule has 0 aliphatic rings. The fourth-order valence-corrected chi connectivity index (χ4v) is 1.96. The van der Waals surface area contributed by atoms with Crippen molar-refractivity contribution in [2.24, 2.45) is 10.2 Å². The second-order valence-corrected chi connectivity index (χ2v) is 5.15. The van der Waals surface area contributed by atoms with Crippen LogP contribution < -0.4 is 4.74 Å². The molecule has 110 valence electrons. The van der Waals surface area contributed by atoms with Gasteiger partial charge in [0.05, 0.1) is 24.4 Å². The van der Waals surface area contributed by atoms with Crippen LogP contribution in [-0.2, 0) is 0 Å². The summed E-state index contributed by atoms with van der Waals surface area (Å²) >= 11 is 11.8. The summed E-state index contributed by atoms with van der Waals surface area (Å²) in [6.45, 7) is 0. The predicted molar refractivity (Wildman–Crippen MR) is 87.3 cm³/mol. The van der Waals surface area contributed by atoms with Gasteiger partial charge >= 0.3 is 0 Å². The Balaban J connectivity index is 2.27. The van der Waals surface area contributed by atoms with Crippen LogP contribution in [0.3, 0.4) is 0 Å². The lowest BCUT2D eigenvalue weighted by atomic mass is 10.2. The third kappa shape index (κ3) is 4.08. The average molecular weight is 332 g/mol. The highest BCUT2D eigenvalue weighted by Crippen LogP contribution is 2.28. The van der Waals surface area contributed by atoms with Crippen LogP contribution in [0.4, 0.5) is 5.69 Å². The number of rotatable bonds is 4. The van der Waals surface area contributed by atoms with Crippen molar-refractivity contribution in [1.82, 2.24) is 0 Å². The summed E-state index contributed by atoms with van der Waals surface area (Å²) < 4.78 is 5.11. The number of hydrogen-bond donors (Lipinski definition) is 0. The van der Waals surface area contributed by atoms with Crippen LogP contribution in [0.5, 0.6) is 5.75 Å². The van der Waals surface area contributed by atoms with E-state index in [9.17, 15) is 0 Å². The highest BCUT2D eigenvalue weighted by atomic mass is 35.5. The highest BCUT2D eigenvalue weighted by molar-refractivity contribution is 6.58. The number of benzene rings is 2. The van der Waals surface area contributed by atoms with E-state index in [1.54, 1.807) is 55.6 Å². The molecular weight excluding hydrogens is 321 g/mol. The fraction of sp³-hybridized carbons (Fsp3) is 0.0625. The Morgan fingerprint density at radius 1 is 1.05 bits per heavy atom. The van der Waals surface area contributed by atoms with E-state index in [1.807, 2.05) is 6.07 Å². The maximum absolute atomic E-state index is 8.75. The van der Waals surface area contributed by atoms with Crippen molar-refractivity contribution in [3.63, 3.8) is 0 Å². The molecule has 6 heteroatoms. The van der Waals surface area contributed by atoms with Gasteiger partial charge in [-0.2, -0.15) is 10.4 Å². The summed E-state index contributed by atoms with van der Waals surface area (Å²) in [4.78, 5) is 0. The van der Waals surface area contributed by atoms with Crippen molar-refractivity contribution in [2.45, 2.75) is 0 Å². The van der Waals surface area contributed by atoms with E-state index in [4.69, 9.17) is 33.2 Å². The van der Waals surface area contributed by atoms with Gasteiger partial charge in [0, 0.05) is 5.56 Å². The van der Waals surface area contributed by atoms with Crippen molar-refractivity contribution < 1.29 is 4.74 Å². The van der Waals surface area contributed by atoms with Gasteiger partial charge in [0.25, 0.3) is 0 Å². The molecule has 4 nitrogen and oxygen atoms in total. The molecule has 0 heterocycles. The molecule has 0 amide bonds. The van der Waals surface area contributed by atoms with Crippen LogP contribution in [0.15, 0.2) is 63.3 Å². The molecule has 0 bridgehead atoms. The van der Waals surface area contributed by atoms with E-state index >= 15 is 0 Å². The molecule has 0 fully saturated rings. The molecule has 2 aromatic rings. The molecule has 0 N–H and O–H groups in total. The lowest BCUT2D eigenvalue weighted by Gasteiger charge is -2.03. The Bertz CT molecular complexity index is 740. The maximum atomic E-state index is 8.75. The molecule has 2 aromatic carbocycles. The summed E-state index contributed by atoms with van der Waals surface area (Å²) in [7, 11) is 1.59. The quantitative estimate of drug-likeness (QED) is 0.699. The third-order valence-electron chi connectivity index (χ3n) is 2.80. The summed E-state index contributed by atoms with van der Waals surface area (Å²) in [5, 5.41) is 16.9. The molecule has 2 rings (SSSR count). The Morgan fingerprint density at radius 2 is 1.68 bits per heavy atom. The predicted octanol–water partition coefficient (Wildman–Crippen LogP) is 5.45. The number of hydrogen-bond acceptors (Lipinski definition) is 4. The van der Waals surface area contributed by atoms with Gasteiger partial charge in [-0.05, 0) is 48.5 Å². The van der Waals surface area contributed by atoms with Gasteiger partial charge in [-0.1, -0.05) is 23.2 Å². The standard InChI is InChI=1S/C16H11Cl2N3O/c1-22-14-8-4-12(5-9-14)15(16(17)18)21-20-13-6-2-11(10-19)3-7-13/h2-9H,1H3. The minimum Gasteiger partial charge on any atom is -0.497 e. The number of halogens is 2. The molecule has 22 heavy (non-hydrogen) atoms. The van der Waals surface area contributed by atoms with Gasteiger partial charge in [-0.3, -0.25) is 0 Å².